The molecule has 0 saturated carbocycles. The lowest BCUT2D eigenvalue weighted by atomic mass is 9.82. The van der Waals surface area contributed by atoms with E-state index in [9.17, 15) is 5.26 Å². The minimum atomic E-state index is -0.157. The number of nitrogens with zero attached hydrogens (tertiary/aromatic N) is 3. The number of thiophene rings is 1. The number of benzene rings is 3. The van der Waals surface area contributed by atoms with E-state index in [4.69, 9.17) is 11.3 Å². The van der Waals surface area contributed by atoms with Crippen LogP contribution in [-0.2, 0) is 10.2 Å². The van der Waals surface area contributed by atoms with E-state index in [2.05, 4.69) is 96.4 Å². The second kappa shape index (κ2) is 10.5. The number of rotatable bonds is 5. The molecule has 198 valence electrons. The maximum Gasteiger partial charge on any atom is 0.269 e. The summed E-state index contributed by atoms with van der Waals surface area (Å²) in [7, 11) is 0. The van der Waals surface area contributed by atoms with Crippen molar-refractivity contribution in [2.75, 3.05) is 4.90 Å². The summed E-state index contributed by atoms with van der Waals surface area (Å²) in [6.45, 7) is 13.7. The van der Waals surface area contributed by atoms with Crippen LogP contribution in [0.1, 0.15) is 36.8 Å². The van der Waals surface area contributed by atoms with Gasteiger partial charge >= 0.3 is 0 Å². The minimum Gasteiger partial charge on any atom is -0.462 e. The summed E-state index contributed by atoms with van der Waals surface area (Å²) in [6, 6.07) is 32.0. The molecule has 0 bridgehead atoms. The predicted octanol–water partition coefficient (Wildman–Crippen LogP) is 10.1. The zero-order chi connectivity index (χ0) is 28.6. The normalized spacial score (nSPS) is 16.0. The molecule has 41 heavy (non-hydrogen) atoms. The Labute approximate surface area is 244 Å². The molecular formula is C36H27N3OS. The van der Waals surface area contributed by atoms with Crippen molar-refractivity contribution in [3.8, 4) is 16.5 Å². The lowest BCUT2D eigenvalue weighted by Crippen LogP contribution is -2.16. The fourth-order valence-corrected chi connectivity index (χ4v) is 6.75. The van der Waals surface area contributed by atoms with E-state index < -0.39 is 0 Å². The number of ether oxygens (including phenoxy) is 1. The molecule has 2 aliphatic rings. The van der Waals surface area contributed by atoms with Gasteiger partial charge in [-0.1, -0.05) is 56.3 Å². The molecule has 0 spiro atoms. The standard InChI is InChI=1S/C36H27N3OS/c1-24-19-25(34(23-37)38-4)20-29(40-24)16-17-30-22-33-35(41-30)31-18-15-28(21-32(31)36(33,2)3)39(26-11-7-5-8-12-26)27-13-9-6-10-14-27/h5-22H,1-3H3/b17-16+,34-25-. The Hall–Kier alpha value is -5.10. The molecule has 0 unspecified atom stereocenters. The van der Waals surface area contributed by atoms with Gasteiger partial charge in [-0.15, -0.1) is 11.3 Å². The first-order valence-electron chi connectivity index (χ1n) is 13.4. The molecule has 0 N–H and O–H groups in total. The zero-order valence-corrected chi connectivity index (χ0v) is 23.9. The van der Waals surface area contributed by atoms with Crippen LogP contribution in [0.25, 0.3) is 21.4 Å². The summed E-state index contributed by atoms with van der Waals surface area (Å²) in [5.41, 5.74) is 7.76. The van der Waals surface area contributed by atoms with Crippen molar-refractivity contribution in [2.45, 2.75) is 26.2 Å². The molecule has 5 heteroatoms. The summed E-state index contributed by atoms with van der Waals surface area (Å²) in [5, 5.41) is 9.28. The van der Waals surface area contributed by atoms with Crippen LogP contribution in [0.2, 0.25) is 0 Å². The van der Waals surface area contributed by atoms with Gasteiger partial charge < -0.3 is 9.64 Å². The Bertz CT molecular complexity index is 1800. The third-order valence-electron chi connectivity index (χ3n) is 7.47. The third kappa shape index (κ3) is 4.78. The Morgan fingerprint density at radius 1 is 0.902 bits per heavy atom. The smallest absolute Gasteiger partial charge is 0.269 e. The van der Waals surface area contributed by atoms with Gasteiger partial charge in [0.25, 0.3) is 5.70 Å². The van der Waals surface area contributed by atoms with Gasteiger partial charge in [0.2, 0.25) is 0 Å². The molecule has 1 aliphatic carbocycles. The largest absolute Gasteiger partial charge is 0.462 e. The number of para-hydroxylation sites is 2. The maximum absolute atomic E-state index is 9.28. The van der Waals surface area contributed by atoms with Gasteiger partial charge in [0, 0.05) is 32.2 Å². The fourth-order valence-electron chi connectivity index (χ4n) is 5.49. The summed E-state index contributed by atoms with van der Waals surface area (Å²) in [4.78, 5) is 8.06. The Kier molecular flexibility index (Phi) is 6.67. The van der Waals surface area contributed by atoms with E-state index in [1.807, 2.05) is 37.3 Å². The van der Waals surface area contributed by atoms with Gasteiger partial charge in [0.1, 0.15) is 11.5 Å². The van der Waals surface area contributed by atoms with Crippen LogP contribution < -0.4 is 4.90 Å². The minimum absolute atomic E-state index is 0.0597. The summed E-state index contributed by atoms with van der Waals surface area (Å²) < 4.78 is 5.85. The monoisotopic (exact) mass is 549 g/mol. The quantitative estimate of drug-likeness (QED) is 0.184. The van der Waals surface area contributed by atoms with Crippen LogP contribution in [0.4, 0.5) is 17.1 Å². The van der Waals surface area contributed by atoms with Gasteiger partial charge in [-0.2, -0.15) is 0 Å². The fraction of sp³-hybridized carbons (Fsp3) is 0.111. The highest BCUT2D eigenvalue weighted by Gasteiger charge is 2.37. The van der Waals surface area contributed by atoms with E-state index in [1.165, 1.54) is 21.6 Å². The van der Waals surface area contributed by atoms with Gasteiger partial charge in [-0.05, 0) is 96.0 Å². The Morgan fingerprint density at radius 2 is 1.59 bits per heavy atom. The van der Waals surface area contributed by atoms with Crippen molar-refractivity contribution in [1.82, 2.24) is 0 Å². The van der Waals surface area contributed by atoms with Crippen molar-refractivity contribution in [1.29, 1.82) is 5.26 Å². The van der Waals surface area contributed by atoms with Crippen molar-refractivity contribution in [3.05, 3.63) is 153 Å². The Morgan fingerprint density at radius 3 is 2.22 bits per heavy atom. The summed E-state index contributed by atoms with van der Waals surface area (Å²) >= 11 is 1.77. The number of hydrogen-bond donors (Lipinski definition) is 0. The second-order valence-corrected chi connectivity index (χ2v) is 11.6. The van der Waals surface area contributed by atoms with Crippen molar-refractivity contribution in [3.63, 3.8) is 0 Å². The lowest BCUT2D eigenvalue weighted by molar-refractivity contribution is 0.318. The van der Waals surface area contributed by atoms with Gasteiger partial charge in [-0.25, -0.2) is 10.1 Å². The second-order valence-electron chi connectivity index (χ2n) is 10.5. The molecule has 0 saturated heterocycles. The molecule has 0 fully saturated rings. The maximum atomic E-state index is 9.28. The lowest BCUT2D eigenvalue weighted by Gasteiger charge is -2.28. The summed E-state index contributed by atoms with van der Waals surface area (Å²) in [6.07, 6.45) is 7.42. The van der Waals surface area contributed by atoms with Crippen LogP contribution in [0.5, 0.6) is 0 Å². The molecule has 0 amide bonds. The van der Waals surface area contributed by atoms with Crippen LogP contribution >= 0.6 is 11.3 Å². The number of fused-ring (bicyclic) bond motifs is 3. The molecule has 6 rings (SSSR count). The molecule has 1 aliphatic heterocycles. The van der Waals surface area contributed by atoms with Crippen LogP contribution in [0, 0.1) is 17.9 Å². The van der Waals surface area contributed by atoms with Crippen molar-refractivity contribution in [2.24, 2.45) is 0 Å². The number of allylic oxidation sites excluding steroid dienone is 6. The highest BCUT2D eigenvalue weighted by Crippen LogP contribution is 2.54. The van der Waals surface area contributed by atoms with E-state index in [1.54, 1.807) is 23.5 Å². The summed E-state index contributed by atoms with van der Waals surface area (Å²) in [5.74, 6) is 1.26. The molecule has 4 aromatic rings. The molecular weight excluding hydrogens is 522 g/mol. The van der Waals surface area contributed by atoms with E-state index in [-0.39, 0.29) is 11.1 Å². The average molecular weight is 550 g/mol. The molecule has 4 nitrogen and oxygen atoms in total. The average Bonchev–Trinajstić information content (AvgIpc) is 3.50. The SMILES string of the molecule is [C-]#[N+]/C(C#N)=C1/C=C(C)OC(/C=C/c2cc3c(s2)-c2ccc(N(c4ccccc4)c4ccccc4)cc2C3(C)C)=C1. The predicted molar refractivity (Wildman–Crippen MR) is 168 cm³/mol. The molecule has 1 aromatic heterocycles. The molecule has 2 heterocycles. The first kappa shape index (κ1) is 26.1. The van der Waals surface area contributed by atoms with Gasteiger partial charge in [0.15, 0.2) is 0 Å². The molecule has 0 atom stereocenters. The van der Waals surface area contributed by atoms with Gasteiger partial charge in [0.05, 0.1) is 12.6 Å². The highest BCUT2D eigenvalue weighted by atomic mass is 32.1. The van der Waals surface area contributed by atoms with E-state index >= 15 is 0 Å². The first-order valence-corrected chi connectivity index (χ1v) is 14.2. The van der Waals surface area contributed by atoms with Gasteiger partial charge in [-0.3, -0.25) is 0 Å². The molecule has 3 aromatic carbocycles. The topological polar surface area (TPSA) is 40.6 Å². The van der Waals surface area contributed by atoms with Crippen LogP contribution in [-0.4, -0.2) is 0 Å². The van der Waals surface area contributed by atoms with E-state index in [0.29, 0.717) is 17.1 Å². The van der Waals surface area contributed by atoms with Crippen molar-refractivity contribution < 1.29 is 4.74 Å². The van der Waals surface area contributed by atoms with Crippen LogP contribution in [0.3, 0.4) is 0 Å². The zero-order valence-electron chi connectivity index (χ0n) is 23.1. The van der Waals surface area contributed by atoms with Crippen molar-refractivity contribution >= 4 is 34.5 Å². The van der Waals surface area contributed by atoms with E-state index in [0.717, 1.165) is 21.9 Å². The molecule has 0 radical (unpaired) electrons. The first-order chi connectivity index (χ1) is 19.9. The van der Waals surface area contributed by atoms with Crippen LogP contribution in [0.15, 0.2) is 126 Å². The Balaban J connectivity index is 1.35. The number of anilines is 3. The highest BCUT2D eigenvalue weighted by molar-refractivity contribution is 7.16. The number of hydrogen-bond acceptors (Lipinski definition) is 4. The third-order valence-corrected chi connectivity index (χ3v) is 8.60. The number of nitriles is 1.